The SMILES string of the molecule is CC(C)(C)CNC(=O)C1Cc2ccccc2N1. The molecule has 1 heterocycles. The number of amides is 1. The maximum atomic E-state index is 12.0. The zero-order valence-corrected chi connectivity index (χ0v) is 10.7. The molecule has 1 aromatic carbocycles. The van der Waals surface area contributed by atoms with E-state index in [0.717, 1.165) is 12.1 Å². The Hall–Kier alpha value is -1.51. The highest BCUT2D eigenvalue weighted by Gasteiger charge is 2.26. The van der Waals surface area contributed by atoms with Crippen LogP contribution < -0.4 is 10.6 Å². The van der Waals surface area contributed by atoms with Gasteiger partial charge in [-0.05, 0) is 17.0 Å². The van der Waals surface area contributed by atoms with E-state index in [9.17, 15) is 4.79 Å². The number of carbonyl (C=O) groups excluding carboxylic acids is 1. The van der Waals surface area contributed by atoms with Crippen molar-refractivity contribution in [3.8, 4) is 0 Å². The molecule has 0 aliphatic carbocycles. The summed E-state index contributed by atoms with van der Waals surface area (Å²) in [5, 5.41) is 6.26. The van der Waals surface area contributed by atoms with Gasteiger partial charge in [-0.15, -0.1) is 0 Å². The van der Waals surface area contributed by atoms with Gasteiger partial charge >= 0.3 is 0 Å². The molecule has 2 N–H and O–H groups in total. The monoisotopic (exact) mass is 232 g/mol. The molecule has 0 bridgehead atoms. The van der Waals surface area contributed by atoms with Gasteiger partial charge < -0.3 is 10.6 Å². The van der Waals surface area contributed by atoms with E-state index in [4.69, 9.17) is 0 Å². The van der Waals surface area contributed by atoms with Crippen LogP contribution in [0.15, 0.2) is 24.3 Å². The van der Waals surface area contributed by atoms with E-state index in [-0.39, 0.29) is 17.4 Å². The van der Waals surface area contributed by atoms with Crippen LogP contribution in [0.4, 0.5) is 5.69 Å². The third-order valence-electron chi connectivity index (χ3n) is 2.88. The number of fused-ring (bicyclic) bond motifs is 1. The van der Waals surface area contributed by atoms with Crippen molar-refractivity contribution in [3.05, 3.63) is 29.8 Å². The minimum Gasteiger partial charge on any atom is -0.373 e. The van der Waals surface area contributed by atoms with Gasteiger partial charge in [-0.3, -0.25) is 4.79 Å². The topological polar surface area (TPSA) is 41.1 Å². The van der Waals surface area contributed by atoms with Crippen molar-refractivity contribution in [1.82, 2.24) is 5.32 Å². The lowest BCUT2D eigenvalue weighted by Gasteiger charge is -2.20. The van der Waals surface area contributed by atoms with E-state index >= 15 is 0 Å². The van der Waals surface area contributed by atoms with Gasteiger partial charge in [-0.25, -0.2) is 0 Å². The second-order valence-electron chi connectivity index (χ2n) is 5.84. The quantitative estimate of drug-likeness (QED) is 0.820. The molecule has 1 aliphatic rings. The van der Waals surface area contributed by atoms with Crippen LogP contribution in [0, 0.1) is 5.41 Å². The third kappa shape index (κ3) is 2.99. The summed E-state index contributed by atoms with van der Waals surface area (Å²) in [5.74, 6) is 0.0936. The number of anilines is 1. The summed E-state index contributed by atoms with van der Waals surface area (Å²) in [6.07, 6.45) is 0.784. The summed E-state index contributed by atoms with van der Waals surface area (Å²) in [6.45, 7) is 7.05. The van der Waals surface area contributed by atoms with Crippen molar-refractivity contribution >= 4 is 11.6 Å². The van der Waals surface area contributed by atoms with Gasteiger partial charge in [0.2, 0.25) is 5.91 Å². The number of rotatable bonds is 2. The minimum atomic E-state index is -0.116. The first-order valence-corrected chi connectivity index (χ1v) is 6.08. The van der Waals surface area contributed by atoms with Gasteiger partial charge in [0, 0.05) is 18.7 Å². The molecule has 0 aromatic heterocycles. The van der Waals surface area contributed by atoms with Crippen LogP contribution in [0.3, 0.4) is 0 Å². The van der Waals surface area contributed by atoms with Gasteiger partial charge in [0.15, 0.2) is 0 Å². The zero-order valence-electron chi connectivity index (χ0n) is 10.7. The van der Waals surface area contributed by atoms with Crippen molar-refractivity contribution < 1.29 is 4.79 Å². The molecular weight excluding hydrogens is 212 g/mol. The first-order valence-electron chi connectivity index (χ1n) is 6.08. The van der Waals surface area contributed by atoms with Gasteiger partial charge in [-0.2, -0.15) is 0 Å². The molecule has 1 aromatic rings. The summed E-state index contributed by atoms with van der Waals surface area (Å²) in [6, 6.07) is 7.97. The number of para-hydroxylation sites is 1. The lowest BCUT2D eigenvalue weighted by molar-refractivity contribution is -0.122. The normalized spacial score (nSPS) is 18.4. The number of carbonyl (C=O) groups is 1. The summed E-state index contributed by atoms with van der Waals surface area (Å²) in [7, 11) is 0. The number of hydrogen-bond acceptors (Lipinski definition) is 2. The van der Waals surface area contributed by atoms with E-state index in [2.05, 4.69) is 37.5 Å². The van der Waals surface area contributed by atoms with E-state index < -0.39 is 0 Å². The molecule has 0 saturated carbocycles. The minimum absolute atomic E-state index is 0.0936. The smallest absolute Gasteiger partial charge is 0.242 e. The lowest BCUT2D eigenvalue weighted by Crippen LogP contribution is -2.41. The molecule has 0 fully saturated rings. The van der Waals surface area contributed by atoms with E-state index in [1.54, 1.807) is 0 Å². The molecule has 3 nitrogen and oxygen atoms in total. The molecule has 1 aliphatic heterocycles. The first kappa shape index (κ1) is 12.0. The van der Waals surface area contributed by atoms with Crippen LogP contribution in [0.1, 0.15) is 26.3 Å². The summed E-state index contributed by atoms with van der Waals surface area (Å²) in [4.78, 5) is 12.0. The Labute approximate surface area is 103 Å². The van der Waals surface area contributed by atoms with Crippen LogP contribution in [0.2, 0.25) is 0 Å². The molecule has 2 rings (SSSR count). The van der Waals surface area contributed by atoms with Crippen molar-refractivity contribution in [2.45, 2.75) is 33.2 Å². The van der Waals surface area contributed by atoms with E-state index in [1.807, 2.05) is 18.2 Å². The Morgan fingerprint density at radius 3 is 2.76 bits per heavy atom. The average Bonchev–Trinajstić information content (AvgIpc) is 2.68. The molecular formula is C14H20N2O. The maximum Gasteiger partial charge on any atom is 0.242 e. The van der Waals surface area contributed by atoms with Gasteiger partial charge in [0.05, 0.1) is 0 Å². The Balaban J connectivity index is 1.92. The Kier molecular flexibility index (Phi) is 3.09. The second-order valence-corrected chi connectivity index (χ2v) is 5.84. The highest BCUT2D eigenvalue weighted by molar-refractivity contribution is 5.87. The van der Waals surface area contributed by atoms with E-state index in [0.29, 0.717) is 6.54 Å². The van der Waals surface area contributed by atoms with Gasteiger partial charge in [-0.1, -0.05) is 39.0 Å². The molecule has 1 amide bonds. The van der Waals surface area contributed by atoms with Crippen LogP contribution in [-0.2, 0) is 11.2 Å². The number of hydrogen-bond donors (Lipinski definition) is 2. The molecule has 0 spiro atoms. The van der Waals surface area contributed by atoms with Crippen molar-refractivity contribution in [3.63, 3.8) is 0 Å². The molecule has 92 valence electrons. The van der Waals surface area contributed by atoms with E-state index in [1.165, 1.54) is 5.56 Å². The van der Waals surface area contributed by atoms with Crippen LogP contribution in [0.25, 0.3) is 0 Å². The van der Waals surface area contributed by atoms with Crippen molar-refractivity contribution in [1.29, 1.82) is 0 Å². The molecule has 1 unspecified atom stereocenters. The predicted molar refractivity (Wildman–Crippen MR) is 70.0 cm³/mol. The van der Waals surface area contributed by atoms with Crippen LogP contribution in [-0.4, -0.2) is 18.5 Å². The second kappa shape index (κ2) is 4.40. The third-order valence-corrected chi connectivity index (χ3v) is 2.88. The van der Waals surface area contributed by atoms with Crippen LogP contribution in [0.5, 0.6) is 0 Å². The number of nitrogens with one attached hydrogen (secondary N) is 2. The highest BCUT2D eigenvalue weighted by Crippen LogP contribution is 2.25. The summed E-state index contributed by atoms with van der Waals surface area (Å²) < 4.78 is 0. The predicted octanol–water partition coefficient (Wildman–Crippen LogP) is 2.19. The number of benzene rings is 1. The van der Waals surface area contributed by atoms with Gasteiger partial charge in [0.25, 0.3) is 0 Å². The first-order chi connectivity index (χ1) is 7.96. The largest absolute Gasteiger partial charge is 0.373 e. The van der Waals surface area contributed by atoms with Crippen LogP contribution >= 0.6 is 0 Å². The van der Waals surface area contributed by atoms with Crippen molar-refractivity contribution in [2.75, 3.05) is 11.9 Å². The molecule has 1 atom stereocenters. The zero-order chi connectivity index (χ0) is 12.5. The molecule has 17 heavy (non-hydrogen) atoms. The fourth-order valence-electron chi connectivity index (χ4n) is 1.93. The molecule has 0 saturated heterocycles. The fourth-order valence-corrected chi connectivity index (χ4v) is 1.93. The Bertz CT molecular complexity index is 395. The van der Waals surface area contributed by atoms with Gasteiger partial charge in [0.1, 0.15) is 6.04 Å². The standard InChI is InChI=1S/C14H20N2O/c1-14(2,3)9-15-13(17)12-8-10-6-4-5-7-11(10)16-12/h4-7,12,16H,8-9H2,1-3H3,(H,15,17). The summed E-state index contributed by atoms with van der Waals surface area (Å²) in [5.41, 5.74) is 2.44. The fraction of sp³-hybridized carbons (Fsp3) is 0.500. The Morgan fingerprint density at radius 1 is 1.41 bits per heavy atom. The Morgan fingerprint density at radius 2 is 2.12 bits per heavy atom. The summed E-state index contributed by atoms with van der Waals surface area (Å²) >= 11 is 0. The maximum absolute atomic E-state index is 12.0. The molecule has 0 radical (unpaired) electrons. The van der Waals surface area contributed by atoms with Crippen molar-refractivity contribution in [2.24, 2.45) is 5.41 Å². The average molecular weight is 232 g/mol. The lowest BCUT2D eigenvalue weighted by atomic mass is 9.97. The molecule has 3 heteroatoms. The highest BCUT2D eigenvalue weighted by atomic mass is 16.2.